The lowest BCUT2D eigenvalue weighted by atomic mass is 9.90. The van der Waals surface area contributed by atoms with Crippen LogP contribution in [0.4, 0.5) is 0 Å². The van der Waals surface area contributed by atoms with Gasteiger partial charge in [-0.1, -0.05) is 11.6 Å². The molecule has 0 bridgehead atoms. The SMILES string of the molecule is CC1(c2nc3ccc(Cl)cc3[nH]2)CCCCN1. The molecule has 1 aliphatic rings. The molecular weight excluding hydrogens is 234 g/mol. The predicted molar refractivity (Wildman–Crippen MR) is 70.3 cm³/mol. The van der Waals surface area contributed by atoms with E-state index < -0.39 is 0 Å². The van der Waals surface area contributed by atoms with Crippen LogP contribution in [0.1, 0.15) is 32.0 Å². The summed E-state index contributed by atoms with van der Waals surface area (Å²) in [6, 6.07) is 5.77. The first-order chi connectivity index (χ1) is 8.17. The van der Waals surface area contributed by atoms with Crippen molar-refractivity contribution in [2.24, 2.45) is 0 Å². The van der Waals surface area contributed by atoms with Gasteiger partial charge in [0.2, 0.25) is 0 Å². The van der Waals surface area contributed by atoms with Crippen LogP contribution in [0.2, 0.25) is 5.02 Å². The van der Waals surface area contributed by atoms with Gasteiger partial charge in [0.25, 0.3) is 0 Å². The van der Waals surface area contributed by atoms with E-state index in [1.54, 1.807) is 0 Å². The van der Waals surface area contributed by atoms with Gasteiger partial charge >= 0.3 is 0 Å². The van der Waals surface area contributed by atoms with Crippen LogP contribution < -0.4 is 5.32 Å². The third-order valence-electron chi connectivity index (χ3n) is 3.59. The highest BCUT2D eigenvalue weighted by Gasteiger charge is 2.31. The van der Waals surface area contributed by atoms with Crippen molar-refractivity contribution in [3.8, 4) is 0 Å². The summed E-state index contributed by atoms with van der Waals surface area (Å²) < 4.78 is 0. The topological polar surface area (TPSA) is 40.7 Å². The lowest BCUT2D eigenvalue weighted by Crippen LogP contribution is -2.44. The number of nitrogens with zero attached hydrogens (tertiary/aromatic N) is 1. The van der Waals surface area contributed by atoms with Gasteiger partial charge in [-0.15, -0.1) is 0 Å². The molecule has 1 aliphatic heterocycles. The predicted octanol–water partition coefficient (Wildman–Crippen LogP) is 3.21. The number of piperidine rings is 1. The minimum absolute atomic E-state index is 0.0241. The molecule has 3 rings (SSSR count). The standard InChI is InChI=1S/C13H16ClN3/c1-13(6-2-3-7-15-13)12-16-10-5-4-9(14)8-11(10)17-12/h4-5,8,15H,2-3,6-7H2,1H3,(H,16,17). The third-order valence-corrected chi connectivity index (χ3v) is 3.82. The maximum atomic E-state index is 5.98. The Bertz CT molecular complexity index is 541. The van der Waals surface area contributed by atoms with Crippen LogP contribution in [0.5, 0.6) is 0 Å². The van der Waals surface area contributed by atoms with Crippen molar-refractivity contribution in [3.63, 3.8) is 0 Å². The summed E-state index contributed by atoms with van der Waals surface area (Å²) in [5, 5.41) is 4.31. The summed E-state index contributed by atoms with van der Waals surface area (Å²) in [7, 11) is 0. The quantitative estimate of drug-likeness (QED) is 0.815. The van der Waals surface area contributed by atoms with Gasteiger partial charge in [-0.05, 0) is 50.9 Å². The second-order valence-electron chi connectivity index (χ2n) is 4.96. The number of aromatic amines is 1. The van der Waals surface area contributed by atoms with Gasteiger partial charge in [0.05, 0.1) is 16.6 Å². The molecule has 17 heavy (non-hydrogen) atoms. The number of imidazole rings is 1. The van der Waals surface area contributed by atoms with Gasteiger partial charge in [-0.25, -0.2) is 4.98 Å². The number of halogens is 1. The smallest absolute Gasteiger partial charge is 0.127 e. The molecule has 2 N–H and O–H groups in total. The number of hydrogen-bond donors (Lipinski definition) is 2. The maximum Gasteiger partial charge on any atom is 0.127 e. The second kappa shape index (κ2) is 4.00. The Morgan fingerprint density at radius 3 is 3.00 bits per heavy atom. The fraction of sp³-hybridized carbons (Fsp3) is 0.462. The zero-order valence-corrected chi connectivity index (χ0v) is 10.6. The first-order valence-corrected chi connectivity index (χ1v) is 6.46. The largest absolute Gasteiger partial charge is 0.340 e. The Morgan fingerprint density at radius 1 is 1.35 bits per heavy atom. The van der Waals surface area contributed by atoms with Gasteiger partial charge in [0.1, 0.15) is 5.82 Å². The molecule has 90 valence electrons. The molecule has 2 aromatic rings. The lowest BCUT2D eigenvalue weighted by Gasteiger charge is -2.33. The van der Waals surface area contributed by atoms with Crippen molar-refractivity contribution < 1.29 is 0 Å². The van der Waals surface area contributed by atoms with Crippen LogP contribution in [0, 0.1) is 0 Å². The summed E-state index contributed by atoms with van der Waals surface area (Å²) in [6.45, 7) is 3.28. The Labute approximate surface area is 106 Å². The molecule has 1 aromatic carbocycles. The summed E-state index contributed by atoms with van der Waals surface area (Å²) in [5.74, 6) is 1.02. The van der Waals surface area contributed by atoms with Crippen LogP contribution >= 0.6 is 11.6 Å². The first-order valence-electron chi connectivity index (χ1n) is 6.08. The van der Waals surface area contributed by atoms with Crippen molar-refractivity contribution in [1.29, 1.82) is 0 Å². The monoisotopic (exact) mass is 249 g/mol. The molecular formula is C13H16ClN3. The number of benzene rings is 1. The summed E-state index contributed by atoms with van der Waals surface area (Å²) in [5.41, 5.74) is 1.98. The molecule has 1 fully saturated rings. The van der Waals surface area contributed by atoms with Crippen LogP contribution in [0.25, 0.3) is 11.0 Å². The number of H-pyrrole nitrogens is 1. The summed E-state index contributed by atoms with van der Waals surface area (Å²) in [4.78, 5) is 8.06. The van der Waals surface area contributed by atoms with E-state index in [9.17, 15) is 0 Å². The van der Waals surface area contributed by atoms with Crippen LogP contribution in [-0.4, -0.2) is 16.5 Å². The van der Waals surface area contributed by atoms with E-state index >= 15 is 0 Å². The normalized spacial score (nSPS) is 25.3. The van der Waals surface area contributed by atoms with Crippen LogP contribution in [0.15, 0.2) is 18.2 Å². The van der Waals surface area contributed by atoms with E-state index in [2.05, 4.69) is 22.2 Å². The van der Waals surface area contributed by atoms with Gasteiger partial charge in [0, 0.05) is 5.02 Å². The van der Waals surface area contributed by atoms with E-state index in [0.29, 0.717) is 0 Å². The molecule has 1 atom stereocenters. The Hall–Kier alpha value is -1.06. The fourth-order valence-electron chi connectivity index (χ4n) is 2.50. The number of fused-ring (bicyclic) bond motifs is 1. The molecule has 3 nitrogen and oxygen atoms in total. The van der Waals surface area contributed by atoms with Crippen LogP contribution in [0.3, 0.4) is 0 Å². The van der Waals surface area contributed by atoms with E-state index in [1.807, 2.05) is 18.2 Å². The fourth-order valence-corrected chi connectivity index (χ4v) is 2.67. The van der Waals surface area contributed by atoms with Gasteiger partial charge < -0.3 is 10.3 Å². The average Bonchev–Trinajstić information content (AvgIpc) is 2.73. The molecule has 0 saturated carbocycles. The van der Waals surface area contributed by atoms with Gasteiger partial charge in [0.15, 0.2) is 0 Å². The lowest BCUT2D eigenvalue weighted by molar-refractivity contribution is 0.271. The molecule has 1 unspecified atom stereocenters. The van der Waals surface area contributed by atoms with Crippen molar-refractivity contribution in [2.45, 2.75) is 31.7 Å². The van der Waals surface area contributed by atoms with Gasteiger partial charge in [-0.3, -0.25) is 0 Å². The van der Waals surface area contributed by atoms with Crippen molar-refractivity contribution in [1.82, 2.24) is 15.3 Å². The molecule has 2 heterocycles. The van der Waals surface area contributed by atoms with Crippen molar-refractivity contribution in [3.05, 3.63) is 29.0 Å². The van der Waals surface area contributed by atoms with Crippen molar-refractivity contribution in [2.75, 3.05) is 6.54 Å². The first kappa shape index (κ1) is 11.1. The molecule has 0 aliphatic carbocycles. The highest BCUT2D eigenvalue weighted by atomic mass is 35.5. The summed E-state index contributed by atoms with van der Waals surface area (Å²) >= 11 is 5.98. The third kappa shape index (κ3) is 1.94. The van der Waals surface area contributed by atoms with Gasteiger partial charge in [-0.2, -0.15) is 0 Å². The maximum absolute atomic E-state index is 5.98. The zero-order chi connectivity index (χ0) is 11.9. The average molecular weight is 250 g/mol. The Kier molecular flexibility index (Phi) is 2.60. The molecule has 1 saturated heterocycles. The number of hydrogen-bond acceptors (Lipinski definition) is 2. The highest BCUT2D eigenvalue weighted by molar-refractivity contribution is 6.31. The van der Waals surface area contributed by atoms with E-state index in [1.165, 1.54) is 12.8 Å². The van der Waals surface area contributed by atoms with Crippen molar-refractivity contribution >= 4 is 22.6 Å². The zero-order valence-electron chi connectivity index (χ0n) is 9.89. The van der Waals surface area contributed by atoms with E-state index in [0.717, 1.165) is 34.8 Å². The Balaban J connectivity index is 2.05. The number of rotatable bonds is 1. The summed E-state index contributed by atoms with van der Waals surface area (Å²) in [6.07, 6.45) is 3.63. The van der Waals surface area contributed by atoms with E-state index in [-0.39, 0.29) is 5.54 Å². The Morgan fingerprint density at radius 2 is 2.24 bits per heavy atom. The van der Waals surface area contributed by atoms with Crippen LogP contribution in [-0.2, 0) is 5.54 Å². The minimum Gasteiger partial charge on any atom is -0.340 e. The number of aromatic nitrogens is 2. The molecule has 0 amide bonds. The van der Waals surface area contributed by atoms with E-state index in [4.69, 9.17) is 11.6 Å². The molecule has 1 aromatic heterocycles. The molecule has 0 radical (unpaired) electrons. The molecule has 4 heteroatoms. The number of nitrogens with one attached hydrogen (secondary N) is 2. The second-order valence-corrected chi connectivity index (χ2v) is 5.40. The minimum atomic E-state index is -0.0241. The molecule has 0 spiro atoms. The highest BCUT2D eigenvalue weighted by Crippen LogP contribution is 2.29.